The molecule has 2 atom stereocenters. The number of aromatic nitrogens is 1. The second-order valence-corrected chi connectivity index (χ2v) is 6.46. The number of aryl methyl sites for hydroxylation is 1. The fourth-order valence-electron chi connectivity index (χ4n) is 2.45. The number of carbonyl (C=O) groups excluding carboxylic acids is 2. The lowest BCUT2D eigenvalue weighted by atomic mass is 10.1. The van der Waals surface area contributed by atoms with Gasteiger partial charge in [0.25, 0.3) is 0 Å². The molecule has 1 saturated carbocycles. The van der Waals surface area contributed by atoms with Crippen molar-refractivity contribution >= 4 is 35.4 Å². The van der Waals surface area contributed by atoms with Crippen molar-refractivity contribution in [3.63, 3.8) is 0 Å². The molecule has 1 aromatic rings. The van der Waals surface area contributed by atoms with Gasteiger partial charge in [0.2, 0.25) is 11.8 Å². The zero-order valence-corrected chi connectivity index (χ0v) is 13.5. The first-order chi connectivity index (χ1) is 10.9. The van der Waals surface area contributed by atoms with E-state index in [1.165, 1.54) is 11.8 Å². The quantitative estimate of drug-likeness (QED) is 0.677. The molecule has 1 aromatic heterocycles. The van der Waals surface area contributed by atoms with Crippen LogP contribution in [0.4, 0.5) is 5.82 Å². The average molecular weight is 341 g/mol. The lowest BCUT2D eigenvalue weighted by Crippen LogP contribution is -2.34. The molecule has 0 spiro atoms. The van der Waals surface area contributed by atoms with Crippen LogP contribution >= 0.6 is 11.8 Å². The van der Waals surface area contributed by atoms with Gasteiger partial charge in [0.15, 0.2) is 5.82 Å². The number of anilines is 1. The Bertz CT molecular complexity index is 589. The molecule has 2 amide bonds. The van der Waals surface area contributed by atoms with Crippen LogP contribution in [-0.2, 0) is 14.4 Å². The van der Waals surface area contributed by atoms with Crippen molar-refractivity contribution in [2.45, 2.75) is 32.2 Å². The standard InChI is InChI=1S/C14H19N3O5S/c1-8-4-11(17-22-8)16-13(19)7-23-6-12(18)15-10-3-2-9(5-10)14(20)21/h4,9-10H,2-3,5-7H2,1H3,(H,15,18)(H,20,21)(H,16,17,19)/t9-,10+/m1/s1. The second-order valence-electron chi connectivity index (χ2n) is 5.48. The number of amides is 2. The van der Waals surface area contributed by atoms with Crippen LogP contribution in [0, 0.1) is 12.8 Å². The summed E-state index contributed by atoms with van der Waals surface area (Å²) < 4.78 is 4.83. The van der Waals surface area contributed by atoms with Gasteiger partial charge < -0.3 is 20.3 Å². The van der Waals surface area contributed by atoms with E-state index in [2.05, 4.69) is 15.8 Å². The van der Waals surface area contributed by atoms with Gasteiger partial charge in [0, 0.05) is 12.1 Å². The highest BCUT2D eigenvalue weighted by atomic mass is 32.2. The number of thioether (sulfide) groups is 1. The van der Waals surface area contributed by atoms with Crippen molar-refractivity contribution in [3.05, 3.63) is 11.8 Å². The van der Waals surface area contributed by atoms with Crippen LogP contribution in [0.1, 0.15) is 25.0 Å². The maximum atomic E-state index is 11.8. The van der Waals surface area contributed by atoms with Crippen LogP contribution in [0.2, 0.25) is 0 Å². The van der Waals surface area contributed by atoms with E-state index in [1.54, 1.807) is 13.0 Å². The zero-order chi connectivity index (χ0) is 16.8. The third-order valence-corrected chi connectivity index (χ3v) is 4.44. The van der Waals surface area contributed by atoms with Crippen LogP contribution in [0.3, 0.4) is 0 Å². The number of hydrogen-bond acceptors (Lipinski definition) is 6. The van der Waals surface area contributed by atoms with E-state index in [4.69, 9.17) is 9.63 Å². The summed E-state index contributed by atoms with van der Waals surface area (Å²) in [6, 6.07) is 1.52. The maximum Gasteiger partial charge on any atom is 0.306 e. The molecule has 0 aromatic carbocycles. The van der Waals surface area contributed by atoms with Gasteiger partial charge in [-0.05, 0) is 26.2 Å². The molecule has 1 aliphatic rings. The molecular weight excluding hydrogens is 322 g/mol. The van der Waals surface area contributed by atoms with E-state index in [0.29, 0.717) is 30.8 Å². The Labute approximate surface area is 137 Å². The third kappa shape index (κ3) is 5.59. The Morgan fingerprint density at radius 2 is 2.09 bits per heavy atom. The zero-order valence-electron chi connectivity index (χ0n) is 12.7. The van der Waals surface area contributed by atoms with Gasteiger partial charge in [-0.25, -0.2) is 0 Å². The first-order valence-electron chi connectivity index (χ1n) is 7.27. The molecule has 8 nitrogen and oxygen atoms in total. The Hall–Kier alpha value is -2.03. The third-order valence-electron chi connectivity index (χ3n) is 3.51. The lowest BCUT2D eigenvalue weighted by molar-refractivity contribution is -0.141. The minimum Gasteiger partial charge on any atom is -0.481 e. The van der Waals surface area contributed by atoms with Gasteiger partial charge in [-0.1, -0.05) is 5.16 Å². The SMILES string of the molecule is Cc1cc(NC(=O)CSCC(=O)N[C@H]2CC[C@@H](C(=O)O)C2)no1. The fourth-order valence-corrected chi connectivity index (χ4v) is 3.08. The van der Waals surface area contributed by atoms with Gasteiger partial charge in [0.05, 0.1) is 17.4 Å². The Morgan fingerprint density at radius 3 is 2.70 bits per heavy atom. The van der Waals surface area contributed by atoms with Gasteiger partial charge in [-0.15, -0.1) is 11.8 Å². The number of carboxylic acids is 1. The predicted molar refractivity (Wildman–Crippen MR) is 84.1 cm³/mol. The van der Waals surface area contributed by atoms with E-state index >= 15 is 0 Å². The van der Waals surface area contributed by atoms with Crippen LogP contribution < -0.4 is 10.6 Å². The summed E-state index contributed by atoms with van der Waals surface area (Å²) in [5.41, 5.74) is 0. The van der Waals surface area contributed by atoms with E-state index < -0.39 is 5.97 Å². The molecule has 3 N–H and O–H groups in total. The molecule has 23 heavy (non-hydrogen) atoms. The van der Waals surface area contributed by atoms with Crippen LogP contribution in [-0.4, -0.2) is 45.6 Å². The monoisotopic (exact) mass is 341 g/mol. The topological polar surface area (TPSA) is 122 Å². The molecule has 0 bridgehead atoms. The second kappa shape index (κ2) is 8.00. The number of nitrogens with one attached hydrogen (secondary N) is 2. The van der Waals surface area contributed by atoms with Crippen LogP contribution in [0.25, 0.3) is 0 Å². The first kappa shape index (κ1) is 17.3. The number of rotatable bonds is 7. The Balaban J connectivity index is 1.61. The number of carbonyl (C=O) groups is 3. The smallest absolute Gasteiger partial charge is 0.306 e. The average Bonchev–Trinajstić information content (AvgIpc) is 3.08. The van der Waals surface area contributed by atoms with E-state index in [-0.39, 0.29) is 35.3 Å². The molecule has 2 rings (SSSR count). The Morgan fingerprint density at radius 1 is 1.35 bits per heavy atom. The minimum atomic E-state index is -0.809. The van der Waals surface area contributed by atoms with E-state index in [0.717, 1.165) is 0 Å². The lowest BCUT2D eigenvalue weighted by Gasteiger charge is -2.12. The number of nitrogens with zero attached hydrogens (tertiary/aromatic N) is 1. The van der Waals surface area contributed by atoms with Crippen molar-refractivity contribution in [1.29, 1.82) is 0 Å². The summed E-state index contributed by atoms with van der Waals surface area (Å²) in [5, 5.41) is 17.9. The molecular formula is C14H19N3O5S. The maximum absolute atomic E-state index is 11.8. The van der Waals surface area contributed by atoms with Gasteiger partial charge in [-0.3, -0.25) is 14.4 Å². The molecule has 0 radical (unpaired) electrons. The van der Waals surface area contributed by atoms with Crippen molar-refractivity contribution in [3.8, 4) is 0 Å². The Kier molecular flexibility index (Phi) is 6.03. The molecule has 9 heteroatoms. The first-order valence-corrected chi connectivity index (χ1v) is 8.42. The molecule has 1 fully saturated rings. The number of hydrogen-bond donors (Lipinski definition) is 3. The summed E-state index contributed by atoms with van der Waals surface area (Å²) >= 11 is 1.19. The van der Waals surface area contributed by atoms with Crippen molar-refractivity contribution in [2.24, 2.45) is 5.92 Å². The largest absolute Gasteiger partial charge is 0.481 e. The van der Waals surface area contributed by atoms with Crippen molar-refractivity contribution in [2.75, 3.05) is 16.8 Å². The molecule has 0 unspecified atom stereocenters. The summed E-state index contributed by atoms with van der Waals surface area (Å²) in [6.07, 6.45) is 1.74. The molecule has 0 saturated heterocycles. The molecule has 1 aliphatic carbocycles. The van der Waals surface area contributed by atoms with E-state index in [1.807, 2.05) is 0 Å². The molecule has 0 aliphatic heterocycles. The highest BCUT2D eigenvalue weighted by Gasteiger charge is 2.30. The highest BCUT2D eigenvalue weighted by molar-refractivity contribution is 8.00. The number of carboxylic acid groups (broad SMARTS) is 1. The van der Waals surface area contributed by atoms with Gasteiger partial charge in [-0.2, -0.15) is 0 Å². The normalized spacial score (nSPS) is 20.2. The van der Waals surface area contributed by atoms with E-state index in [9.17, 15) is 14.4 Å². The van der Waals surface area contributed by atoms with Gasteiger partial charge in [0.1, 0.15) is 5.76 Å². The van der Waals surface area contributed by atoms with Crippen molar-refractivity contribution < 1.29 is 24.0 Å². The summed E-state index contributed by atoms with van der Waals surface area (Å²) in [7, 11) is 0. The summed E-state index contributed by atoms with van der Waals surface area (Å²) in [5.74, 6) is -0.396. The molecule has 126 valence electrons. The van der Waals surface area contributed by atoms with Crippen molar-refractivity contribution in [1.82, 2.24) is 10.5 Å². The van der Waals surface area contributed by atoms with Crippen LogP contribution in [0.15, 0.2) is 10.6 Å². The summed E-state index contributed by atoms with van der Waals surface area (Å²) in [6.45, 7) is 1.72. The summed E-state index contributed by atoms with van der Waals surface area (Å²) in [4.78, 5) is 34.3. The molecule has 1 heterocycles. The van der Waals surface area contributed by atoms with Gasteiger partial charge >= 0.3 is 5.97 Å². The predicted octanol–water partition coefficient (Wildman–Crippen LogP) is 1.02. The minimum absolute atomic E-state index is 0.0869. The number of aliphatic carboxylic acids is 1. The highest BCUT2D eigenvalue weighted by Crippen LogP contribution is 2.25. The van der Waals surface area contributed by atoms with Crippen LogP contribution in [0.5, 0.6) is 0 Å². The fraction of sp³-hybridized carbons (Fsp3) is 0.571.